The molecule has 0 aromatic carbocycles. The molecule has 0 radical (unpaired) electrons. The number of rotatable bonds is 6. The van der Waals surface area contributed by atoms with Crippen LogP contribution in [0.15, 0.2) is 11.6 Å². The maximum atomic E-state index is 10.6. The molecular formula is C13H24N2O2. The highest BCUT2D eigenvalue weighted by Gasteiger charge is 2.17. The van der Waals surface area contributed by atoms with Gasteiger partial charge in [-0.2, -0.15) is 0 Å². The standard InChI is InChI=1S/C13H24N2O2/c1-3-8-15-9-5-12(6-10-15)14-7-4-11(2)13(16)17/h4,12,14H,3,5-10H2,1-2H3,(H,16,17)/b11-4-. The molecule has 0 aromatic rings. The van der Waals surface area contributed by atoms with E-state index in [-0.39, 0.29) is 0 Å². The van der Waals surface area contributed by atoms with E-state index >= 15 is 0 Å². The largest absolute Gasteiger partial charge is 0.478 e. The summed E-state index contributed by atoms with van der Waals surface area (Å²) in [6.07, 6.45) is 5.30. The fraction of sp³-hybridized carbons (Fsp3) is 0.769. The fourth-order valence-electron chi connectivity index (χ4n) is 2.14. The second-order valence-electron chi connectivity index (χ2n) is 4.72. The Morgan fingerprint density at radius 3 is 2.65 bits per heavy atom. The number of carboxylic acids is 1. The Morgan fingerprint density at radius 2 is 2.12 bits per heavy atom. The number of nitrogens with one attached hydrogen (secondary N) is 1. The highest BCUT2D eigenvalue weighted by molar-refractivity contribution is 5.85. The van der Waals surface area contributed by atoms with Crippen molar-refractivity contribution in [2.24, 2.45) is 0 Å². The van der Waals surface area contributed by atoms with Gasteiger partial charge in [0, 0.05) is 18.2 Å². The summed E-state index contributed by atoms with van der Waals surface area (Å²) >= 11 is 0. The maximum Gasteiger partial charge on any atom is 0.330 e. The summed E-state index contributed by atoms with van der Waals surface area (Å²) in [4.78, 5) is 13.1. The van der Waals surface area contributed by atoms with Crippen molar-refractivity contribution in [3.63, 3.8) is 0 Å². The third kappa shape index (κ3) is 5.33. The number of aliphatic carboxylic acids is 1. The number of hydrogen-bond donors (Lipinski definition) is 2. The molecule has 4 heteroatoms. The van der Waals surface area contributed by atoms with E-state index in [1.54, 1.807) is 13.0 Å². The molecule has 0 unspecified atom stereocenters. The molecule has 2 N–H and O–H groups in total. The Balaban J connectivity index is 2.18. The number of nitrogens with zero attached hydrogens (tertiary/aromatic N) is 1. The van der Waals surface area contributed by atoms with Crippen LogP contribution in [0.4, 0.5) is 0 Å². The van der Waals surface area contributed by atoms with Gasteiger partial charge in [0.15, 0.2) is 0 Å². The van der Waals surface area contributed by atoms with E-state index in [1.807, 2.05) is 0 Å². The Labute approximate surface area is 104 Å². The van der Waals surface area contributed by atoms with Gasteiger partial charge in [-0.05, 0) is 45.8 Å². The first-order valence-electron chi connectivity index (χ1n) is 6.49. The first-order valence-corrected chi connectivity index (χ1v) is 6.49. The van der Waals surface area contributed by atoms with Gasteiger partial charge >= 0.3 is 5.97 Å². The zero-order chi connectivity index (χ0) is 12.7. The summed E-state index contributed by atoms with van der Waals surface area (Å²) in [5, 5.41) is 12.1. The van der Waals surface area contributed by atoms with Crippen molar-refractivity contribution in [3.05, 3.63) is 11.6 Å². The minimum absolute atomic E-state index is 0.418. The fourth-order valence-corrected chi connectivity index (χ4v) is 2.14. The summed E-state index contributed by atoms with van der Waals surface area (Å²) in [5.74, 6) is -0.829. The number of hydrogen-bond acceptors (Lipinski definition) is 3. The lowest BCUT2D eigenvalue weighted by Gasteiger charge is -2.32. The topological polar surface area (TPSA) is 52.6 Å². The SMILES string of the molecule is CCCN1CCC(NC/C=C(/C)C(=O)O)CC1. The van der Waals surface area contributed by atoms with Crippen LogP contribution < -0.4 is 5.32 Å². The van der Waals surface area contributed by atoms with Crippen molar-refractivity contribution in [1.29, 1.82) is 0 Å². The van der Waals surface area contributed by atoms with Crippen LogP contribution in [-0.2, 0) is 4.79 Å². The predicted octanol–water partition coefficient (Wildman–Crippen LogP) is 1.48. The first kappa shape index (κ1) is 14.2. The molecule has 1 aliphatic heterocycles. The van der Waals surface area contributed by atoms with Gasteiger partial charge in [-0.25, -0.2) is 4.79 Å². The Bertz CT molecular complexity index is 269. The van der Waals surface area contributed by atoms with Crippen LogP contribution in [0.3, 0.4) is 0 Å². The van der Waals surface area contributed by atoms with Crippen molar-refractivity contribution in [3.8, 4) is 0 Å². The monoisotopic (exact) mass is 240 g/mol. The van der Waals surface area contributed by atoms with Crippen LogP contribution in [0.25, 0.3) is 0 Å². The second kappa shape index (κ2) is 7.45. The molecule has 1 saturated heterocycles. The summed E-state index contributed by atoms with van der Waals surface area (Å²) < 4.78 is 0. The zero-order valence-corrected chi connectivity index (χ0v) is 10.9. The smallest absolute Gasteiger partial charge is 0.330 e. The van der Waals surface area contributed by atoms with Crippen LogP contribution in [0.5, 0.6) is 0 Å². The van der Waals surface area contributed by atoms with E-state index in [4.69, 9.17) is 5.11 Å². The lowest BCUT2D eigenvalue weighted by molar-refractivity contribution is -0.132. The molecule has 0 amide bonds. The summed E-state index contributed by atoms with van der Waals surface area (Å²) in [7, 11) is 0. The van der Waals surface area contributed by atoms with Gasteiger partial charge in [-0.3, -0.25) is 0 Å². The molecule has 17 heavy (non-hydrogen) atoms. The average molecular weight is 240 g/mol. The van der Waals surface area contributed by atoms with Crippen LogP contribution in [0.1, 0.15) is 33.1 Å². The van der Waals surface area contributed by atoms with Gasteiger partial charge in [-0.1, -0.05) is 13.0 Å². The van der Waals surface area contributed by atoms with Crippen molar-refractivity contribution in [1.82, 2.24) is 10.2 Å². The minimum Gasteiger partial charge on any atom is -0.478 e. The maximum absolute atomic E-state index is 10.6. The van der Waals surface area contributed by atoms with E-state index in [0.717, 1.165) is 13.1 Å². The number of carbonyl (C=O) groups is 1. The molecule has 98 valence electrons. The normalized spacial score (nSPS) is 19.5. The average Bonchev–Trinajstić information content (AvgIpc) is 2.31. The van der Waals surface area contributed by atoms with Crippen molar-refractivity contribution in [2.45, 2.75) is 39.2 Å². The highest BCUT2D eigenvalue weighted by atomic mass is 16.4. The van der Waals surface area contributed by atoms with Crippen LogP contribution in [0.2, 0.25) is 0 Å². The quantitative estimate of drug-likeness (QED) is 0.691. The van der Waals surface area contributed by atoms with E-state index < -0.39 is 5.97 Å². The van der Waals surface area contributed by atoms with Crippen LogP contribution in [0, 0.1) is 0 Å². The molecule has 1 heterocycles. The zero-order valence-electron chi connectivity index (χ0n) is 10.9. The third-order valence-corrected chi connectivity index (χ3v) is 3.28. The predicted molar refractivity (Wildman–Crippen MR) is 69.1 cm³/mol. The highest BCUT2D eigenvalue weighted by Crippen LogP contribution is 2.10. The van der Waals surface area contributed by atoms with Crippen molar-refractivity contribution >= 4 is 5.97 Å². The van der Waals surface area contributed by atoms with Gasteiger partial charge < -0.3 is 15.3 Å². The molecule has 4 nitrogen and oxygen atoms in total. The van der Waals surface area contributed by atoms with Gasteiger partial charge in [0.2, 0.25) is 0 Å². The summed E-state index contributed by atoms with van der Waals surface area (Å²) in [6, 6.07) is 0.543. The summed E-state index contributed by atoms with van der Waals surface area (Å²) in [6.45, 7) is 8.03. The van der Waals surface area contributed by atoms with E-state index in [2.05, 4.69) is 17.1 Å². The molecule has 0 saturated carbocycles. The van der Waals surface area contributed by atoms with E-state index in [0.29, 0.717) is 18.2 Å². The van der Waals surface area contributed by atoms with Gasteiger partial charge in [-0.15, -0.1) is 0 Å². The number of carboxylic acid groups (broad SMARTS) is 1. The molecular weight excluding hydrogens is 216 g/mol. The van der Waals surface area contributed by atoms with Gasteiger partial charge in [0.1, 0.15) is 0 Å². The number of piperidine rings is 1. The molecule has 0 bridgehead atoms. The third-order valence-electron chi connectivity index (χ3n) is 3.28. The van der Waals surface area contributed by atoms with Gasteiger partial charge in [0.25, 0.3) is 0 Å². The molecule has 1 aliphatic rings. The van der Waals surface area contributed by atoms with Crippen LogP contribution >= 0.6 is 0 Å². The Hall–Kier alpha value is -0.870. The first-order chi connectivity index (χ1) is 8.13. The molecule has 1 fully saturated rings. The summed E-state index contributed by atoms with van der Waals surface area (Å²) in [5.41, 5.74) is 0.418. The van der Waals surface area contributed by atoms with Gasteiger partial charge in [0.05, 0.1) is 0 Å². The number of likely N-dealkylation sites (tertiary alicyclic amines) is 1. The Morgan fingerprint density at radius 1 is 1.47 bits per heavy atom. The van der Waals surface area contributed by atoms with Crippen LogP contribution in [-0.4, -0.2) is 48.2 Å². The van der Waals surface area contributed by atoms with E-state index in [1.165, 1.54) is 25.8 Å². The lowest BCUT2D eigenvalue weighted by Crippen LogP contribution is -2.42. The lowest BCUT2D eigenvalue weighted by atomic mass is 10.0. The molecule has 1 rings (SSSR count). The molecule has 0 aliphatic carbocycles. The molecule has 0 aromatic heterocycles. The van der Waals surface area contributed by atoms with E-state index in [9.17, 15) is 4.79 Å². The Kier molecular flexibility index (Phi) is 6.22. The van der Waals surface area contributed by atoms with Crippen molar-refractivity contribution in [2.75, 3.05) is 26.2 Å². The minimum atomic E-state index is -0.829. The molecule has 0 spiro atoms. The molecule has 0 atom stereocenters. The second-order valence-corrected chi connectivity index (χ2v) is 4.72. The van der Waals surface area contributed by atoms with Crippen molar-refractivity contribution < 1.29 is 9.90 Å².